The molecule has 2 rings (SSSR count). The maximum absolute atomic E-state index is 12.3. The summed E-state index contributed by atoms with van der Waals surface area (Å²) in [5, 5.41) is 2.78. The minimum atomic E-state index is -0.466. The van der Waals surface area contributed by atoms with Crippen LogP contribution in [0.4, 0.5) is 5.69 Å². The van der Waals surface area contributed by atoms with Crippen LogP contribution >= 0.6 is 0 Å². The molecule has 1 unspecified atom stereocenters. The highest BCUT2D eigenvalue weighted by Gasteiger charge is 2.29. The van der Waals surface area contributed by atoms with Gasteiger partial charge in [0.1, 0.15) is 6.04 Å². The molecule has 1 aliphatic heterocycles. The van der Waals surface area contributed by atoms with Gasteiger partial charge in [0.05, 0.1) is 0 Å². The number of nitrogens with one attached hydrogen (secondary N) is 1. The molecule has 4 nitrogen and oxygen atoms in total. The Morgan fingerprint density at radius 1 is 1.37 bits per heavy atom. The van der Waals surface area contributed by atoms with Gasteiger partial charge in [0.25, 0.3) is 0 Å². The van der Waals surface area contributed by atoms with E-state index in [1.54, 1.807) is 11.8 Å². The van der Waals surface area contributed by atoms with Crippen LogP contribution in [0.3, 0.4) is 0 Å². The van der Waals surface area contributed by atoms with Crippen LogP contribution in [0.25, 0.3) is 0 Å². The summed E-state index contributed by atoms with van der Waals surface area (Å²) in [6, 6.07) is 7.38. The second-order valence-corrected chi connectivity index (χ2v) is 4.82. The Morgan fingerprint density at radius 3 is 2.84 bits per heavy atom. The summed E-state index contributed by atoms with van der Waals surface area (Å²) in [5.41, 5.74) is 2.02. The maximum Gasteiger partial charge on any atom is 0.242 e. The Balaban J connectivity index is 2.36. The van der Waals surface area contributed by atoms with Gasteiger partial charge in [0.2, 0.25) is 11.8 Å². The minimum absolute atomic E-state index is 0.0312. The molecule has 0 aliphatic carbocycles. The van der Waals surface area contributed by atoms with Crippen molar-refractivity contribution >= 4 is 17.5 Å². The van der Waals surface area contributed by atoms with Crippen molar-refractivity contribution in [3.05, 3.63) is 29.8 Å². The van der Waals surface area contributed by atoms with Crippen molar-refractivity contribution in [2.75, 3.05) is 11.4 Å². The smallest absolute Gasteiger partial charge is 0.242 e. The van der Waals surface area contributed by atoms with Gasteiger partial charge in [-0.3, -0.25) is 14.5 Å². The van der Waals surface area contributed by atoms with Crippen LogP contribution in [0.5, 0.6) is 0 Å². The van der Waals surface area contributed by atoms with Crippen molar-refractivity contribution in [3.63, 3.8) is 0 Å². The summed E-state index contributed by atoms with van der Waals surface area (Å²) in [6.45, 7) is 4.24. The molecular formula is C15H20N2O2. The molecule has 2 amide bonds. The van der Waals surface area contributed by atoms with Gasteiger partial charge in [-0.1, -0.05) is 18.2 Å². The van der Waals surface area contributed by atoms with Crippen LogP contribution in [-0.2, 0) is 16.0 Å². The number of benzene rings is 1. The Bertz CT molecular complexity index is 485. The Kier molecular flexibility index (Phi) is 4.20. The Morgan fingerprint density at radius 2 is 2.11 bits per heavy atom. The van der Waals surface area contributed by atoms with Gasteiger partial charge < -0.3 is 5.32 Å². The van der Waals surface area contributed by atoms with E-state index >= 15 is 0 Å². The van der Waals surface area contributed by atoms with E-state index in [4.69, 9.17) is 0 Å². The lowest BCUT2D eigenvalue weighted by Gasteiger charge is -2.28. The van der Waals surface area contributed by atoms with Crippen LogP contribution in [0, 0.1) is 0 Å². The fourth-order valence-corrected chi connectivity index (χ4v) is 2.51. The molecule has 0 saturated heterocycles. The number of hydrogen-bond donors (Lipinski definition) is 1. The van der Waals surface area contributed by atoms with Crippen LogP contribution in [-0.4, -0.2) is 24.4 Å². The van der Waals surface area contributed by atoms with Gasteiger partial charge in [0, 0.05) is 18.7 Å². The first-order valence-corrected chi connectivity index (χ1v) is 6.82. The summed E-state index contributed by atoms with van der Waals surface area (Å²) in [4.78, 5) is 25.9. The molecular weight excluding hydrogens is 240 g/mol. The van der Waals surface area contributed by atoms with Crippen molar-refractivity contribution < 1.29 is 9.59 Å². The molecule has 102 valence electrons. The highest BCUT2D eigenvalue weighted by atomic mass is 16.2. The van der Waals surface area contributed by atoms with Gasteiger partial charge in [-0.05, 0) is 38.3 Å². The summed E-state index contributed by atoms with van der Waals surface area (Å²) >= 11 is 0. The predicted octanol–water partition coefficient (Wildman–Crippen LogP) is 1.88. The normalized spacial score (nSPS) is 16.5. The molecule has 0 aromatic heterocycles. The Labute approximate surface area is 113 Å². The second kappa shape index (κ2) is 5.87. The fraction of sp³-hybridized carbons (Fsp3) is 0.467. The van der Waals surface area contributed by atoms with Crippen LogP contribution in [0.2, 0.25) is 0 Å². The van der Waals surface area contributed by atoms with E-state index in [1.165, 1.54) is 0 Å². The number of para-hydroxylation sites is 1. The topological polar surface area (TPSA) is 49.4 Å². The van der Waals surface area contributed by atoms with Gasteiger partial charge in [-0.15, -0.1) is 0 Å². The molecule has 1 heterocycles. The molecule has 1 atom stereocenters. The number of rotatable bonds is 3. The number of carbonyl (C=O) groups excluding carboxylic acids is 2. The van der Waals surface area contributed by atoms with E-state index in [2.05, 4.69) is 5.32 Å². The number of carbonyl (C=O) groups is 2. The monoisotopic (exact) mass is 260 g/mol. The molecule has 1 aromatic carbocycles. The molecule has 0 saturated carbocycles. The lowest BCUT2D eigenvalue weighted by Crippen LogP contribution is -2.48. The number of nitrogens with zero attached hydrogens (tertiary/aromatic N) is 1. The molecule has 4 heteroatoms. The van der Waals surface area contributed by atoms with E-state index in [1.807, 2.05) is 31.2 Å². The van der Waals surface area contributed by atoms with Crippen molar-refractivity contribution in [3.8, 4) is 0 Å². The molecule has 1 aliphatic rings. The van der Waals surface area contributed by atoms with Crippen LogP contribution in [0.15, 0.2) is 24.3 Å². The summed E-state index contributed by atoms with van der Waals surface area (Å²) in [7, 11) is 0. The van der Waals surface area contributed by atoms with Crippen molar-refractivity contribution in [2.24, 2.45) is 0 Å². The highest BCUT2D eigenvalue weighted by Crippen LogP contribution is 2.28. The van der Waals surface area contributed by atoms with Crippen molar-refractivity contribution in [1.29, 1.82) is 0 Å². The van der Waals surface area contributed by atoms with Crippen LogP contribution < -0.4 is 10.2 Å². The first-order chi connectivity index (χ1) is 9.15. The molecule has 0 spiro atoms. The average molecular weight is 260 g/mol. The SMILES string of the molecule is CCNC(=O)C(C)N1C(=O)CCCc2ccccc21. The van der Waals surface area contributed by atoms with Gasteiger partial charge in [0.15, 0.2) is 0 Å². The zero-order valence-electron chi connectivity index (χ0n) is 11.5. The lowest BCUT2D eigenvalue weighted by molar-refractivity contribution is -0.126. The largest absolute Gasteiger partial charge is 0.355 e. The van der Waals surface area contributed by atoms with E-state index in [0.717, 1.165) is 24.1 Å². The molecule has 0 radical (unpaired) electrons. The van der Waals surface area contributed by atoms with Gasteiger partial charge >= 0.3 is 0 Å². The van der Waals surface area contributed by atoms with E-state index in [-0.39, 0.29) is 11.8 Å². The number of aryl methyl sites for hydroxylation is 1. The number of anilines is 1. The van der Waals surface area contributed by atoms with E-state index < -0.39 is 6.04 Å². The predicted molar refractivity (Wildman–Crippen MR) is 75.0 cm³/mol. The van der Waals surface area contributed by atoms with Crippen LogP contribution in [0.1, 0.15) is 32.3 Å². The van der Waals surface area contributed by atoms with Gasteiger partial charge in [-0.25, -0.2) is 0 Å². The highest BCUT2D eigenvalue weighted by molar-refractivity contribution is 6.01. The lowest BCUT2D eigenvalue weighted by atomic mass is 10.1. The molecule has 1 aromatic rings. The van der Waals surface area contributed by atoms with E-state index in [9.17, 15) is 9.59 Å². The van der Waals surface area contributed by atoms with Gasteiger partial charge in [-0.2, -0.15) is 0 Å². The zero-order valence-corrected chi connectivity index (χ0v) is 11.5. The number of fused-ring (bicyclic) bond motifs is 1. The number of likely N-dealkylation sites (N-methyl/N-ethyl adjacent to an activating group) is 1. The molecule has 0 fully saturated rings. The molecule has 19 heavy (non-hydrogen) atoms. The average Bonchev–Trinajstić information content (AvgIpc) is 2.56. The third kappa shape index (κ3) is 2.78. The summed E-state index contributed by atoms with van der Waals surface area (Å²) < 4.78 is 0. The first-order valence-electron chi connectivity index (χ1n) is 6.82. The third-order valence-electron chi connectivity index (χ3n) is 3.47. The third-order valence-corrected chi connectivity index (χ3v) is 3.47. The standard InChI is InChI=1S/C15H20N2O2/c1-3-16-15(19)11(2)17-13-9-5-4-7-12(13)8-6-10-14(17)18/h4-5,7,9,11H,3,6,8,10H2,1-2H3,(H,16,19). The maximum atomic E-state index is 12.3. The quantitative estimate of drug-likeness (QED) is 0.902. The molecule has 1 N–H and O–H groups in total. The molecule has 0 bridgehead atoms. The summed E-state index contributed by atoms with van der Waals surface area (Å²) in [5.74, 6) is -0.0729. The summed E-state index contributed by atoms with van der Waals surface area (Å²) in [6.07, 6.45) is 2.23. The van der Waals surface area contributed by atoms with Crippen molar-refractivity contribution in [1.82, 2.24) is 5.32 Å². The fourth-order valence-electron chi connectivity index (χ4n) is 2.51. The number of amides is 2. The zero-order chi connectivity index (χ0) is 13.8. The Hall–Kier alpha value is -1.84. The second-order valence-electron chi connectivity index (χ2n) is 4.82. The first kappa shape index (κ1) is 13.6. The van der Waals surface area contributed by atoms with E-state index in [0.29, 0.717) is 13.0 Å². The van der Waals surface area contributed by atoms with Crippen molar-refractivity contribution in [2.45, 2.75) is 39.2 Å². The minimum Gasteiger partial charge on any atom is -0.355 e. The number of hydrogen-bond acceptors (Lipinski definition) is 2.